The van der Waals surface area contributed by atoms with Gasteiger partial charge in [0.05, 0.1) is 17.0 Å². The number of nitrogens with zero attached hydrogens (tertiary/aromatic N) is 2. The predicted molar refractivity (Wildman–Crippen MR) is 271 cm³/mol. The molecule has 324 valence electrons. The third-order valence-corrected chi connectivity index (χ3v) is 15.8. The van der Waals surface area contributed by atoms with E-state index in [1.54, 1.807) is 0 Å². The van der Waals surface area contributed by atoms with Crippen molar-refractivity contribution in [2.24, 2.45) is 0 Å². The fourth-order valence-electron chi connectivity index (χ4n) is 11.7. The second-order valence-corrected chi connectivity index (χ2v) is 24.5. The normalized spacial score (nSPS) is 18.9. The molecule has 0 N–H and O–H groups in total. The lowest BCUT2D eigenvalue weighted by Gasteiger charge is -2.47. The SMILES string of the molecule is Cc1cc2c3c(c1)N(c1ccc(C(C)(C)C)cc1-c1ccccc1)c1c(oc4c1C(C)(C)CCC4(C)C)B3c1cc3c(cc1N2c1ccc(C(C)(C)C)cc1)C(C)(C)CCC3(C)C. The molecular formula is C59H69BN2O. The van der Waals surface area contributed by atoms with Gasteiger partial charge in [0.2, 0.25) is 0 Å². The number of hydrogen-bond acceptors (Lipinski definition) is 3. The number of fused-ring (bicyclic) bond motifs is 7. The van der Waals surface area contributed by atoms with Crippen molar-refractivity contribution in [2.75, 3.05) is 9.80 Å². The molecule has 0 bridgehead atoms. The Morgan fingerprint density at radius 3 is 1.71 bits per heavy atom. The van der Waals surface area contributed by atoms with E-state index in [2.05, 4.69) is 211 Å². The number of hydrogen-bond donors (Lipinski definition) is 0. The Kier molecular flexibility index (Phi) is 9.03. The monoisotopic (exact) mass is 833 g/mol. The minimum atomic E-state index is -0.114. The van der Waals surface area contributed by atoms with Crippen LogP contribution < -0.4 is 26.4 Å². The van der Waals surface area contributed by atoms with Crippen LogP contribution in [0, 0.1) is 6.92 Å². The molecule has 0 saturated carbocycles. The molecule has 1 aromatic heterocycles. The minimum Gasteiger partial charge on any atom is -0.472 e. The van der Waals surface area contributed by atoms with Crippen LogP contribution in [-0.2, 0) is 32.5 Å². The molecule has 4 aliphatic rings. The van der Waals surface area contributed by atoms with E-state index in [0.29, 0.717) is 0 Å². The van der Waals surface area contributed by atoms with Crippen molar-refractivity contribution in [3.8, 4) is 11.1 Å². The largest absolute Gasteiger partial charge is 0.472 e. The number of anilines is 6. The number of furan rings is 1. The quantitative estimate of drug-likeness (QED) is 0.165. The third kappa shape index (κ3) is 6.42. The lowest BCUT2D eigenvalue weighted by Crippen LogP contribution is -2.61. The number of benzene rings is 5. The molecule has 0 fully saturated rings. The number of aryl methyl sites for hydroxylation is 1. The van der Waals surface area contributed by atoms with E-state index >= 15 is 0 Å². The summed E-state index contributed by atoms with van der Waals surface area (Å²) in [4.78, 5) is 5.28. The highest BCUT2D eigenvalue weighted by molar-refractivity contribution is 6.99. The van der Waals surface area contributed by atoms with Gasteiger partial charge < -0.3 is 14.2 Å². The molecule has 6 aromatic rings. The standard InChI is InChI=1S/C59H69BN2O/c1-36-31-47-50-48(32-36)62(45-26-23-39(55(5,6)7)33-41(45)37-19-17-16-18-20-37)51-49-52(59(14,15)30-29-58(49,12)13)63-53(51)60(50)44-34-42-43(57(10,11)28-27-56(42,8)9)35-46(44)61(47)40-24-21-38(22-25-40)54(2,3)4/h16-26,31-35H,27-30H2,1-15H3. The summed E-state index contributed by atoms with van der Waals surface area (Å²) in [7, 11) is 0. The van der Waals surface area contributed by atoms with Crippen molar-refractivity contribution in [1.82, 2.24) is 0 Å². The first-order valence-electron chi connectivity index (χ1n) is 23.8. The predicted octanol–water partition coefficient (Wildman–Crippen LogP) is 14.6. The van der Waals surface area contributed by atoms with E-state index in [1.165, 1.54) is 102 Å². The first-order valence-corrected chi connectivity index (χ1v) is 23.8. The minimum absolute atomic E-state index is 0.0161. The van der Waals surface area contributed by atoms with Crippen molar-refractivity contribution in [2.45, 2.75) is 162 Å². The van der Waals surface area contributed by atoms with E-state index in [4.69, 9.17) is 4.42 Å². The summed E-state index contributed by atoms with van der Waals surface area (Å²) >= 11 is 0. The molecule has 0 saturated heterocycles. The van der Waals surface area contributed by atoms with Crippen LogP contribution in [0.1, 0.15) is 162 Å². The van der Waals surface area contributed by atoms with Crippen LogP contribution >= 0.6 is 0 Å². The maximum absolute atomic E-state index is 7.76. The summed E-state index contributed by atoms with van der Waals surface area (Å²) in [5.74, 6) is 1.16. The second kappa shape index (κ2) is 13.5. The van der Waals surface area contributed by atoms with Crippen LogP contribution in [0.2, 0.25) is 0 Å². The van der Waals surface area contributed by atoms with E-state index in [9.17, 15) is 0 Å². The lowest BCUT2D eigenvalue weighted by molar-refractivity contribution is 0.282. The lowest BCUT2D eigenvalue weighted by atomic mass is 9.35. The molecule has 0 amide bonds. The maximum atomic E-state index is 7.76. The maximum Gasteiger partial charge on any atom is 0.297 e. The molecule has 2 aliphatic heterocycles. The molecule has 0 spiro atoms. The summed E-state index contributed by atoms with van der Waals surface area (Å²) in [6.07, 6.45) is 4.52. The molecule has 5 aromatic carbocycles. The van der Waals surface area contributed by atoms with E-state index in [-0.39, 0.29) is 39.2 Å². The van der Waals surface area contributed by atoms with Crippen LogP contribution in [0.3, 0.4) is 0 Å². The first-order chi connectivity index (χ1) is 29.4. The average Bonchev–Trinajstić information content (AvgIpc) is 3.64. The summed E-state index contributed by atoms with van der Waals surface area (Å²) in [6, 6.07) is 38.0. The van der Waals surface area contributed by atoms with E-state index in [1.807, 2.05) is 0 Å². The van der Waals surface area contributed by atoms with Gasteiger partial charge in [-0.25, -0.2) is 0 Å². The Labute approximate surface area is 379 Å². The van der Waals surface area contributed by atoms with E-state index in [0.717, 1.165) is 24.3 Å². The summed E-state index contributed by atoms with van der Waals surface area (Å²) in [6.45, 7) is 35.8. The van der Waals surface area contributed by atoms with Crippen LogP contribution in [0.25, 0.3) is 11.1 Å². The summed E-state index contributed by atoms with van der Waals surface area (Å²) < 4.78 is 7.76. The van der Waals surface area contributed by atoms with E-state index < -0.39 is 0 Å². The number of rotatable bonds is 3. The Morgan fingerprint density at radius 1 is 0.540 bits per heavy atom. The molecule has 4 heteroatoms. The van der Waals surface area contributed by atoms with Crippen LogP contribution in [0.4, 0.5) is 34.1 Å². The Bertz CT molecular complexity index is 2820. The topological polar surface area (TPSA) is 19.6 Å². The fourth-order valence-corrected chi connectivity index (χ4v) is 11.7. The zero-order valence-corrected chi connectivity index (χ0v) is 40.9. The molecule has 10 rings (SSSR count). The molecule has 3 nitrogen and oxygen atoms in total. The van der Waals surface area contributed by atoms with Gasteiger partial charge in [0.15, 0.2) is 0 Å². The molecule has 0 unspecified atom stereocenters. The van der Waals surface area contributed by atoms with Crippen molar-refractivity contribution < 1.29 is 4.42 Å². The highest BCUT2D eigenvalue weighted by atomic mass is 16.3. The molecule has 0 atom stereocenters. The van der Waals surface area contributed by atoms with Gasteiger partial charge in [-0.05, 0) is 146 Å². The van der Waals surface area contributed by atoms with Crippen molar-refractivity contribution in [1.29, 1.82) is 0 Å². The highest BCUT2D eigenvalue weighted by Gasteiger charge is 2.53. The smallest absolute Gasteiger partial charge is 0.297 e. The average molecular weight is 833 g/mol. The summed E-state index contributed by atoms with van der Waals surface area (Å²) in [5.41, 5.74) is 21.9. The van der Waals surface area contributed by atoms with Gasteiger partial charge in [-0.2, -0.15) is 0 Å². The summed E-state index contributed by atoms with van der Waals surface area (Å²) in [5, 5.41) is 0. The second-order valence-electron chi connectivity index (χ2n) is 24.5. The molecular weight excluding hydrogens is 763 g/mol. The fraction of sp³-hybridized carbons (Fsp3) is 0.424. The molecule has 0 radical (unpaired) electrons. The Balaban J connectivity index is 1.36. The van der Waals surface area contributed by atoms with Gasteiger partial charge in [0, 0.05) is 39.3 Å². The van der Waals surface area contributed by atoms with Crippen LogP contribution in [0.15, 0.2) is 101 Å². The van der Waals surface area contributed by atoms with Gasteiger partial charge >= 0.3 is 0 Å². The molecule has 2 aliphatic carbocycles. The van der Waals surface area contributed by atoms with Crippen molar-refractivity contribution in [3.63, 3.8) is 0 Å². The Morgan fingerprint density at radius 2 is 1.10 bits per heavy atom. The first kappa shape index (κ1) is 42.0. The van der Waals surface area contributed by atoms with Gasteiger partial charge in [0.1, 0.15) is 5.76 Å². The van der Waals surface area contributed by atoms with Gasteiger partial charge in [-0.1, -0.05) is 152 Å². The Hall–Kier alpha value is -4.96. The molecule has 63 heavy (non-hydrogen) atoms. The van der Waals surface area contributed by atoms with Crippen LogP contribution in [-0.4, -0.2) is 6.71 Å². The third-order valence-electron chi connectivity index (χ3n) is 15.8. The van der Waals surface area contributed by atoms with Gasteiger partial charge in [-0.15, -0.1) is 0 Å². The highest BCUT2D eigenvalue weighted by Crippen LogP contribution is 2.57. The van der Waals surface area contributed by atoms with Gasteiger partial charge in [-0.3, -0.25) is 0 Å². The zero-order chi connectivity index (χ0) is 45.0. The molecule has 3 heterocycles. The zero-order valence-electron chi connectivity index (χ0n) is 40.9. The van der Waals surface area contributed by atoms with Gasteiger partial charge in [0.25, 0.3) is 6.71 Å². The van der Waals surface area contributed by atoms with Crippen LogP contribution in [0.5, 0.6) is 0 Å². The van der Waals surface area contributed by atoms with Crippen molar-refractivity contribution in [3.05, 3.63) is 136 Å². The van der Waals surface area contributed by atoms with Crippen molar-refractivity contribution >= 4 is 57.4 Å².